The van der Waals surface area contributed by atoms with Gasteiger partial charge in [0.25, 0.3) is 0 Å². The summed E-state index contributed by atoms with van der Waals surface area (Å²) in [6.45, 7) is 2.03. The van der Waals surface area contributed by atoms with Crippen LogP contribution in [0.4, 0.5) is 0 Å². The topological polar surface area (TPSA) is 54.6 Å². The predicted octanol–water partition coefficient (Wildman–Crippen LogP) is 3.41. The lowest BCUT2D eigenvalue weighted by molar-refractivity contribution is -0.131. The van der Waals surface area contributed by atoms with E-state index in [0.717, 1.165) is 28.7 Å². The lowest BCUT2D eigenvalue weighted by Crippen LogP contribution is -1.90. The summed E-state index contributed by atoms with van der Waals surface area (Å²) in [4.78, 5) is 15.4. The molecule has 3 aromatic rings. The minimum atomic E-state index is -0.976. The van der Waals surface area contributed by atoms with E-state index in [1.165, 1.54) is 5.56 Å². The Hall–Kier alpha value is -2.88. The molecule has 4 nitrogen and oxygen atoms in total. The van der Waals surface area contributed by atoms with Gasteiger partial charge in [-0.25, -0.2) is 9.78 Å². The van der Waals surface area contributed by atoms with Crippen molar-refractivity contribution >= 4 is 17.7 Å². The minimum absolute atomic E-state index is 0.761. The maximum atomic E-state index is 10.8. The lowest BCUT2D eigenvalue weighted by atomic mass is 10.1. The number of hydrogen-bond donors (Lipinski definition) is 1. The number of aliphatic carboxylic acids is 1. The Balaban J connectivity index is 2.23. The van der Waals surface area contributed by atoms with Crippen LogP contribution in [0.1, 0.15) is 11.3 Å². The van der Waals surface area contributed by atoms with Gasteiger partial charge in [0.1, 0.15) is 5.65 Å². The zero-order valence-corrected chi connectivity index (χ0v) is 11.5. The molecule has 0 aliphatic carbocycles. The summed E-state index contributed by atoms with van der Waals surface area (Å²) in [7, 11) is 0. The van der Waals surface area contributed by atoms with Crippen molar-refractivity contribution in [1.82, 2.24) is 9.38 Å². The number of aryl methyl sites for hydroxylation is 1. The van der Waals surface area contributed by atoms with Gasteiger partial charge in [0.05, 0.1) is 11.4 Å². The van der Waals surface area contributed by atoms with Crippen molar-refractivity contribution in [3.05, 3.63) is 66.0 Å². The van der Waals surface area contributed by atoms with Gasteiger partial charge in [-0.05, 0) is 25.1 Å². The highest BCUT2D eigenvalue weighted by Crippen LogP contribution is 2.25. The second-order valence-corrected chi connectivity index (χ2v) is 4.81. The second kappa shape index (κ2) is 5.25. The predicted molar refractivity (Wildman–Crippen MR) is 82.0 cm³/mol. The zero-order chi connectivity index (χ0) is 14.8. The van der Waals surface area contributed by atoms with E-state index in [2.05, 4.69) is 4.98 Å². The van der Waals surface area contributed by atoms with Crippen molar-refractivity contribution < 1.29 is 9.90 Å². The fraction of sp³-hybridized carbons (Fsp3) is 0.0588. The molecule has 0 spiro atoms. The second-order valence-electron chi connectivity index (χ2n) is 4.81. The molecule has 0 amide bonds. The first-order valence-corrected chi connectivity index (χ1v) is 6.60. The molecule has 3 rings (SSSR count). The average molecular weight is 278 g/mol. The van der Waals surface area contributed by atoms with E-state index >= 15 is 0 Å². The van der Waals surface area contributed by atoms with Crippen LogP contribution in [-0.4, -0.2) is 20.5 Å². The first kappa shape index (κ1) is 13.1. The summed E-state index contributed by atoms with van der Waals surface area (Å²) in [5.41, 5.74) is 4.47. The van der Waals surface area contributed by atoms with E-state index in [1.54, 1.807) is 6.08 Å². The molecule has 0 aliphatic heterocycles. The van der Waals surface area contributed by atoms with Crippen LogP contribution in [0.3, 0.4) is 0 Å². The van der Waals surface area contributed by atoms with Crippen molar-refractivity contribution in [3.63, 3.8) is 0 Å². The van der Waals surface area contributed by atoms with Crippen molar-refractivity contribution in [2.24, 2.45) is 0 Å². The largest absolute Gasteiger partial charge is 0.478 e. The molecule has 0 saturated heterocycles. The maximum Gasteiger partial charge on any atom is 0.328 e. The fourth-order valence-electron chi connectivity index (χ4n) is 2.25. The highest BCUT2D eigenvalue weighted by molar-refractivity contribution is 5.87. The summed E-state index contributed by atoms with van der Waals surface area (Å²) in [6, 6.07) is 13.7. The number of carboxylic acid groups (broad SMARTS) is 1. The molecule has 0 bridgehead atoms. The number of rotatable bonds is 3. The minimum Gasteiger partial charge on any atom is -0.478 e. The molecule has 1 N–H and O–H groups in total. The quantitative estimate of drug-likeness (QED) is 0.747. The number of fused-ring (bicyclic) bond motifs is 1. The Morgan fingerprint density at radius 2 is 1.95 bits per heavy atom. The van der Waals surface area contributed by atoms with Crippen LogP contribution in [0.15, 0.2) is 54.7 Å². The molecule has 0 unspecified atom stereocenters. The SMILES string of the molecule is Cc1ccc(-c2nc3ccccn3c2/C=C/C(=O)O)cc1. The van der Waals surface area contributed by atoms with Gasteiger partial charge in [0, 0.05) is 17.8 Å². The van der Waals surface area contributed by atoms with Crippen LogP contribution in [0.25, 0.3) is 23.0 Å². The van der Waals surface area contributed by atoms with Crippen molar-refractivity contribution in [3.8, 4) is 11.3 Å². The molecule has 104 valence electrons. The summed E-state index contributed by atoms with van der Waals surface area (Å²) >= 11 is 0. The third-order valence-corrected chi connectivity index (χ3v) is 3.28. The molecule has 2 heterocycles. The number of carboxylic acids is 1. The number of hydrogen-bond acceptors (Lipinski definition) is 2. The summed E-state index contributed by atoms with van der Waals surface area (Å²) in [5.74, 6) is -0.976. The molecule has 1 aromatic carbocycles. The van der Waals surface area contributed by atoms with Crippen molar-refractivity contribution in [2.75, 3.05) is 0 Å². The number of aromatic nitrogens is 2. The summed E-state index contributed by atoms with van der Waals surface area (Å²) in [5, 5.41) is 8.87. The Morgan fingerprint density at radius 3 is 2.67 bits per heavy atom. The molecule has 0 radical (unpaired) electrons. The molecule has 21 heavy (non-hydrogen) atoms. The van der Waals surface area contributed by atoms with Gasteiger partial charge in [0.2, 0.25) is 0 Å². The maximum absolute atomic E-state index is 10.8. The van der Waals surface area contributed by atoms with Gasteiger partial charge in [-0.2, -0.15) is 0 Å². The lowest BCUT2D eigenvalue weighted by Gasteiger charge is -2.01. The fourth-order valence-corrected chi connectivity index (χ4v) is 2.25. The number of carbonyl (C=O) groups is 1. The van der Waals surface area contributed by atoms with Crippen LogP contribution in [-0.2, 0) is 4.79 Å². The molecule has 0 fully saturated rings. The Morgan fingerprint density at radius 1 is 1.19 bits per heavy atom. The number of benzene rings is 1. The Bertz CT molecular complexity index is 830. The highest BCUT2D eigenvalue weighted by atomic mass is 16.4. The van der Waals surface area contributed by atoms with Gasteiger partial charge in [-0.15, -0.1) is 0 Å². The summed E-state index contributed by atoms with van der Waals surface area (Å²) in [6.07, 6.45) is 4.59. The molecule has 0 saturated carbocycles. The zero-order valence-electron chi connectivity index (χ0n) is 11.5. The van der Waals surface area contributed by atoms with E-state index in [9.17, 15) is 4.79 Å². The molecule has 4 heteroatoms. The van der Waals surface area contributed by atoms with Gasteiger partial charge in [-0.3, -0.25) is 4.40 Å². The van der Waals surface area contributed by atoms with Crippen molar-refractivity contribution in [1.29, 1.82) is 0 Å². The standard InChI is InChI=1S/C17H14N2O2/c1-12-5-7-13(8-6-12)17-14(9-10-16(20)21)19-11-3-2-4-15(19)18-17/h2-11H,1H3,(H,20,21)/b10-9+. The van der Waals surface area contributed by atoms with E-state index in [4.69, 9.17) is 5.11 Å². The van der Waals surface area contributed by atoms with Gasteiger partial charge >= 0.3 is 5.97 Å². The summed E-state index contributed by atoms with van der Waals surface area (Å²) < 4.78 is 1.88. The van der Waals surface area contributed by atoms with Crippen LogP contribution < -0.4 is 0 Å². The average Bonchev–Trinajstić information content (AvgIpc) is 2.84. The highest BCUT2D eigenvalue weighted by Gasteiger charge is 2.11. The van der Waals surface area contributed by atoms with Crippen molar-refractivity contribution in [2.45, 2.75) is 6.92 Å². The first-order chi connectivity index (χ1) is 10.1. The molecule has 0 atom stereocenters. The Labute approximate surface area is 122 Å². The van der Waals surface area contributed by atoms with E-state index in [-0.39, 0.29) is 0 Å². The Kier molecular flexibility index (Phi) is 3.28. The van der Waals surface area contributed by atoms with Gasteiger partial charge < -0.3 is 5.11 Å². The molecule has 0 aliphatic rings. The van der Waals surface area contributed by atoms with E-state index in [0.29, 0.717) is 0 Å². The van der Waals surface area contributed by atoms with Crippen LogP contribution >= 0.6 is 0 Å². The molecular formula is C17H14N2O2. The van der Waals surface area contributed by atoms with E-state index in [1.807, 2.05) is 60.0 Å². The monoisotopic (exact) mass is 278 g/mol. The van der Waals surface area contributed by atoms with Gasteiger partial charge in [0.15, 0.2) is 0 Å². The molecular weight excluding hydrogens is 264 g/mol. The van der Waals surface area contributed by atoms with Crippen LogP contribution in [0, 0.1) is 6.92 Å². The van der Waals surface area contributed by atoms with Crippen LogP contribution in [0.5, 0.6) is 0 Å². The number of nitrogens with zero attached hydrogens (tertiary/aromatic N) is 2. The number of imidazole rings is 1. The third-order valence-electron chi connectivity index (χ3n) is 3.28. The smallest absolute Gasteiger partial charge is 0.328 e. The first-order valence-electron chi connectivity index (χ1n) is 6.60. The third kappa shape index (κ3) is 2.56. The van der Waals surface area contributed by atoms with Crippen LogP contribution in [0.2, 0.25) is 0 Å². The molecule has 2 aromatic heterocycles. The van der Waals surface area contributed by atoms with E-state index < -0.39 is 5.97 Å². The normalized spacial score (nSPS) is 11.3. The van der Waals surface area contributed by atoms with Gasteiger partial charge in [-0.1, -0.05) is 35.9 Å². The number of pyridine rings is 1.